The van der Waals surface area contributed by atoms with E-state index >= 15 is 0 Å². The van der Waals surface area contributed by atoms with Gasteiger partial charge in [-0.25, -0.2) is 4.21 Å². The van der Waals surface area contributed by atoms with Crippen molar-refractivity contribution in [1.29, 1.82) is 0 Å². The van der Waals surface area contributed by atoms with Gasteiger partial charge < -0.3 is 4.52 Å². The molecule has 1 aromatic rings. The molecule has 0 amide bonds. The third-order valence-electron chi connectivity index (χ3n) is 1.15. The summed E-state index contributed by atoms with van der Waals surface area (Å²) in [4.78, 5) is 0. The van der Waals surface area contributed by atoms with Crippen LogP contribution in [-0.4, -0.2) is 15.6 Å². The SMILES string of the molecule is CC(OS(C)=O)c1ccon1. The van der Waals surface area contributed by atoms with Crippen molar-refractivity contribution < 1.29 is 12.9 Å². The van der Waals surface area contributed by atoms with Gasteiger partial charge in [0.25, 0.3) is 0 Å². The standard InChI is InChI=1S/C6H9NO3S/c1-5(10-11(2)8)6-3-4-9-7-6/h3-5H,1-2H3. The lowest BCUT2D eigenvalue weighted by Crippen LogP contribution is -2.01. The molecule has 5 heteroatoms. The van der Waals surface area contributed by atoms with Gasteiger partial charge in [0.1, 0.15) is 18.1 Å². The summed E-state index contributed by atoms with van der Waals surface area (Å²) in [5, 5.41) is 3.63. The van der Waals surface area contributed by atoms with E-state index in [0.29, 0.717) is 5.69 Å². The van der Waals surface area contributed by atoms with Gasteiger partial charge in [0.2, 0.25) is 0 Å². The van der Waals surface area contributed by atoms with E-state index in [-0.39, 0.29) is 6.10 Å². The molecule has 4 nitrogen and oxygen atoms in total. The molecule has 0 radical (unpaired) electrons. The fourth-order valence-electron chi connectivity index (χ4n) is 0.684. The minimum Gasteiger partial charge on any atom is -0.364 e. The number of hydrogen-bond acceptors (Lipinski definition) is 4. The van der Waals surface area contributed by atoms with Crippen LogP contribution in [0.4, 0.5) is 0 Å². The highest BCUT2D eigenvalue weighted by Crippen LogP contribution is 2.14. The molecule has 0 spiro atoms. The zero-order chi connectivity index (χ0) is 8.27. The predicted octanol–water partition coefficient (Wildman–Crippen LogP) is 1.05. The minimum absolute atomic E-state index is 0.278. The van der Waals surface area contributed by atoms with Crippen LogP contribution in [0.1, 0.15) is 18.7 Å². The molecule has 2 atom stereocenters. The van der Waals surface area contributed by atoms with Gasteiger partial charge in [-0.3, -0.25) is 4.18 Å². The maximum absolute atomic E-state index is 10.6. The Kier molecular flexibility index (Phi) is 2.78. The maximum atomic E-state index is 10.6. The van der Waals surface area contributed by atoms with Gasteiger partial charge in [0, 0.05) is 12.3 Å². The van der Waals surface area contributed by atoms with E-state index in [1.54, 1.807) is 13.0 Å². The van der Waals surface area contributed by atoms with Gasteiger partial charge in [-0.05, 0) is 6.92 Å². The molecule has 2 unspecified atom stereocenters. The summed E-state index contributed by atoms with van der Waals surface area (Å²) < 4.78 is 20.1. The molecule has 0 aromatic carbocycles. The van der Waals surface area contributed by atoms with E-state index in [0.717, 1.165) is 0 Å². The second kappa shape index (κ2) is 3.64. The topological polar surface area (TPSA) is 52.3 Å². The lowest BCUT2D eigenvalue weighted by atomic mass is 10.3. The normalized spacial score (nSPS) is 16.2. The fourth-order valence-corrected chi connectivity index (χ4v) is 1.19. The molecule has 0 aliphatic rings. The van der Waals surface area contributed by atoms with Crippen molar-refractivity contribution in [2.75, 3.05) is 6.26 Å². The Bertz CT molecular complexity index is 234. The molecule has 0 N–H and O–H groups in total. The molecule has 0 saturated carbocycles. The second-order valence-corrected chi connectivity index (χ2v) is 3.06. The third kappa shape index (κ3) is 2.44. The van der Waals surface area contributed by atoms with E-state index in [1.807, 2.05) is 0 Å². The van der Waals surface area contributed by atoms with Gasteiger partial charge in [0.05, 0.1) is 0 Å². The summed E-state index contributed by atoms with van der Waals surface area (Å²) >= 11 is -1.26. The Morgan fingerprint density at radius 3 is 3.00 bits per heavy atom. The van der Waals surface area contributed by atoms with E-state index in [2.05, 4.69) is 9.68 Å². The van der Waals surface area contributed by atoms with Crippen LogP contribution in [0, 0.1) is 0 Å². The third-order valence-corrected chi connectivity index (χ3v) is 1.71. The number of rotatable bonds is 3. The number of hydrogen-bond donors (Lipinski definition) is 0. The molecule has 11 heavy (non-hydrogen) atoms. The lowest BCUT2D eigenvalue weighted by Gasteiger charge is -2.04. The van der Waals surface area contributed by atoms with E-state index in [4.69, 9.17) is 4.18 Å². The van der Waals surface area contributed by atoms with Crippen LogP contribution in [0.5, 0.6) is 0 Å². The average molecular weight is 175 g/mol. The van der Waals surface area contributed by atoms with E-state index in [9.17, 15) is 4.21 Å². The second-order valence-electron chi connectivity index (χ2n) is 2.06. The Morgan fingerprint density at radius 2 is 2.55 bits per heavy atom. The summed E-state index contributed by atoms with van der Waals surface area (Å²) in [7, 11) is 0. The molecule has 0 aliphatic carbocycles. The lowest BCUT2D eigenvalue weighted by molar-refractivity contribution is 0.241. The summed E-state index contributed by atoms with van der Waals surface area (Å²) in [6.07, 6.45) is 2.64. The van der Waals surface area contributed by atoms with Crippen molar-refractivity contribution in [3.8, 4) is 0 Å². The summed E-state index contributed by atoms with van der Waals surface area (Å²) in [5.41, 5.74) is 0.653. The molecule has 1 heterocycles. The first kappa shape index (κ1) is 8.42. The largest absolute Gasteiger partial charge is 0.364 e. The first-order valence-corrected chi connectivity index (χ1v) is 4.59. The molecule has 1 aromatic heterocycles. The Hall–Kier alpha value is -0.680. The fraction of sp³-hybridized carbons (Fsp3) is 0.500. The zero-order valence-corrected chi connectivity index (χ0v) is 7.13. The first-order valence-electron chi connectivity index (χ1n) is 3.11. The highest BCUT2D eigenvalue weighted by Gasteiger charge is 2.09. The molecule has 0 fully saturated rings. The zero-order valence-electron chi connectivity index (χ0n) is 6.31. The van der Waals surface area contributed by atoms with Gasteiger partial charge in [-0.2, -0.15) is 0 Å². The highest BCUT2D eigenvalue weighted by molar-refractivity contribution is 7.79. The first-order chi connectivity index (χ1) is 5.20. The van der Waals surface area contributed by atoms with Crippen LogP contribution in [-0.2, 0) is 15.3 Å². The molecular weight excluding hydrogens is 166 g/mol. The van der Waals surface area contributed by atoms with Crippen molar-refractivity contribution in [2.45, 2.75) is 13.0 Å². The molecule has 62 valence electrons. The number of aromatic nitrogens is 1. The van der Waals surface area contributed by atoms with Gasteiger partial charge in [0.15, 0.2) is 11.1 Å². The molecule has 1 rings (SSSR count). The Balaban J connectivity index is 2.56. The average Bonchev–Trinajstić information content (AvgIpc) is 2.35. The van der Waals surface area contributed by atoms with Crippen molar-refractivity contribution in [3.05, 3.63) is 18.0 Å². The number of nitrogens with zero attached hydrogens (tertiary/aromatic N) is 1. The van der Waals surface area contributed by atoms with Crippen molar-refractivity contribution in [2.24, 2.45) is 0 Å². The summed E-state index contributed by atoms with van der Waals surface area (Å²) in [6.45, 7) is 1.76. The molecule has 0 bridgehead atoms. The van der Waals surface area contributed by atoms with Crippen LogP contribution in [0.15, 0.2) is 16.9 Å². The smallest absolute Gasteiger partial charge is 0.152 e. The highest BCUT2D eigenvalue weighted by atomic mass is 32.2. The Morgan fingerprint density at radius 1 is 1.82 bits per heavy atom. The summed E-state index contributed by atoms with van der Waals surface area (Å²) in [6, 6.07) is 1.68. The van der Waals surface area contributed by atoms with E-state index < -0.39 is 11.1 Å². The predicted molar refractivity (Wildman–Crippen MR) is 40.1 cm³/mol. The van der Waals surface area contributed by atoms with Gasteiger partial charge in [-0.15, -0.1) is 0 Å². The van der Waals surface area contributed by atoms with Crippen molar-refractivity contribution in [1.82, 2.24) is 5.16 Å². The van der Waals surface area contributed by atoms with Gasteiger partial charge >= 0.3 is 0 Å². The molecule has 0 saturated heterocycles. The quantitative estimate of drug-likeness (QED) is 0.688. The Labute approximate surface area is 67.2 Å². The molecular formula is C6H9NO3S. The van der Waals surface area contributed by atoms with Crippen LogP contribution < -0.4 is 0 Å². The van der Waals surface area contributed by atoms with Crippen LogP contribution >= 0.6 is 0 Å². The maximum Gasteiger partial charge on any atom is 0.152 e. The van der Waals surface area contributed by atoms with E-state index in [1.165, 1.54) is 12.5 Å². The van der Waals surface area contributed by atoms with Crippen LogP contribution in [0.25, 0.3) is 0 Å². The van der Waals surface area contributed by atoms with Crippen LogP contribution in [0.2, 0.25) is 0 Å². The van der Waals surface area contributed by atoms with Crippen LogP contribution in [0.3, 0.4) is 0 Å². The monoisotopic (exact) mass is 175 g/mol. The minimum atomic E-state index is -1.26. The van der Waals surface area contributed by atoms with Gasteiger partial charge in [-0.1, -0.05) is 5.16 Å². The van der Waals surface area contributed by atoms with Crippen molar-refractivity contribution in [3.63, 3.8) is 0 Å². The van der Waals surface area contributed by atoms with Crippen molar-refractivity contribution >= 4 is 11.1 Å². The summed E-state index contributed by atoms with van der Waals surface area (Å²) in [5.74, 6) is 0. The molecule has 0 aliphatic heterocycles.